The Morgan fingerprint density at radius 2 is 0.667 bits per heavy atom. The molecule has 3 aliphatic heterocycles. The van der Waals surface area contributed by atoms with Gasteiger partial charge in [0.1, 0.15) is 0 Å². The van der Waals surface area contributed by atoms with E-state index in [1.165, 1.54) is 38.5 Å². The minimum Gasteiger partial charge on any atom is -0.381 e. The van der Waals surface area contributed by atoms with Crippen LogP contribution in [0, 0.1) is 0 Å². The maximum Gasteiger partial charge on any atom is 0.0967 e. The van der Waals surface area contributed by atoms with E-state index in [4.69, 9.17) is 42.1 Å². The summed E-state index contributed by atoms with van der Waals surface area (Å²) >= 11 is 9.53. The van der Waals surface area contributed by atoms with Gasteiger partial charge in [0.25, 0.3) is 0 Å². The predicted octanol–water partition coefficient (Wildman–Crippen LogP) is 3.83. The van der Waals surface area contributed by atoms with Gasteiger partial charge in [-0.15, -0.1) is 23.2 Å². The van der Waals surface area contributed by atoms with Crippen LogP contribution in [0.5, 0.6) is 0 Å². The average molecular weight is 345 g/mol. The number of rotatable bonds is 0. The molecule has 0 unspecified atom stereocenters. The minimum absolute atomic E-state index is 0.194. The Morgan fingerprint density at radius 1 is 0.429 bits per heavy atom. The summed E-state index contributed by atoms with van der Waals surface area (Å²) in [6.07, 6.45) is 7.86. The number of alkyl halides is 2. The molecule has 3 rings (SSSR count). The Hall–Kier alpha value is 0.420. The lowest BCUT2D eigenvalue weighted by atomic mass is 10.2. The van der Waals surface area contributed by atoms with Crippen molar-refractivity contribution in [1.82, 2.24) is 0 Å². The molecule has 0 bridgehead atoms. The lowest BCUT2D eigenvalue weighted by molar-refractivity contribution is -0.0334. The molecule has 3 aliphatic rings. The third-order valence-corrected chi connectivity index (χ3v) is 2.90. The van der Waals surface area contributed by atoms with E-state index in [0.717, 1.165) is 52.9 Å². The van der Waals surface area contributed by atoms with Crippen LogP contribution in [0.25, 0.3) is 0 Å². The Kier molecular flexibility index (Phi) is 20.8. The highest BCUT2D eigenvalue weighted by atomic mass is 35.5. The van der Waals surface area contributed by atoms with Gasteiger partial charge in [0.05, 0.1) is 31.8 Å². The van der Waals surface area contributed by atoms with Gasteiger partial charge in [0.2, 0.25) is 0 Å². The van der Waals surface area contributed by atoms with Crippen molar-refractivity contribution in [2.24, 2.45) is 0 Å². The number of halogens is 2. The molecule has 0 atom stereocenters. The molecule has 0 aromatic rings. The number of hydrogen-bond acceptors (Lipinski definition) is 4. The molecule has 0 N–H and O–H groups in total. The van der Waals surface area contributed by atoms with E-state index in [9.17, 15) is 0 Å². The first-order chi connectivity index (χ1) is 10.4. The molecular weight excluding hydrogens is 315 g/mol. The van der Waals surface area contributed by atoms with E-state index in [0.29, 0.717) is 0 Å². The van der Waals surface area contributed by atoms with Gasteiger partial charge in [-0.1, -0.05) is 0 Å². The molecule has 3 fully saturated rings. The van der Waals surface area contributed by atoms with Crippen molar-refractivity contribution >= 4 is 23.2 Å². The molecule has 3 saturated heterocycles. The van der Waals surface area contributed by atoms with Crippen LogP contribution in [0.4, 0.5) is 0 Å². The highest BCUT2D eigenvalue weighted by Gasteiger charge is 1.96. The Morgan fingerprint density at radius 3 is 0.762 bits per heavy atom. The van der Waals surface area contributed by atoms with Gasteiger partial charge < -0.3 is 18.9 Å². The number of hydrogen-bond donors (Lipinski definition) is 0. The first kappa shape index (κ1) is 21.4. The van der Waals surface area contributed by atoms with Crippen LogP contribution >= 0.6 is 23.2 Å². The van der Waals surface area contributed by atoms with Crippen LogP contribution in [0.1, 0.15) is 38.5 Å². The molecule has 0 aliphatic carbocycles. The van der Waals surface area contributed by atoms with Crippen LogP contribution in [0.15, 0.2) is 0 Å². The average Bonchev–Trinajstić information content (AvgIpc) is 2.61. The van der Waals surface area contributed by atoms with Crippen molar-refractivity contribution in [3.63, 3.8) is 0 Å². The van der Waals surface area contributed by atoms with Crippen molar-refractivity contribution in [2.45, 2.75) is 38.5 Å². The van der Waals surface area contributed by atoms with E-state index in [-0.39, 0.29) is 5.34 Å². The largest absolute Gasteiger partial charge is 0.381 e. The van der Waals surface area contributed by atoms with Gasteiger partial charge in [0.15, 0.2) is 0 Å². The first-order valence-corrected chi connectivity index (χ1v) is 8.91. The molecule has 128 valence electrons. The van der Waals surface area contributed by atoms with E-state index in [1.54, 1.807) is 0 Å². The van der Waals surface area contributed by atoms with Crippen molar-refractivity contribution in [2.75, 3.05) is 58.2 Å². The molecule has 3 heterocycles. The molecular formula is C15H30Cl2O4. The lowest BCUT2D eigenvalue weighted by Crippen LogP contribution is -2.16. The molecule has 4 nitrogen and oxygen atoms in total. The zero-order valence-corrected chi connectivity index (χ0v) is 14.5. The van der Waals surface area contributed by atoms with Crippen LogP contribution in [-0.2, 0) is 18.9 Å². The van der Waals surface area contributed by atoms with Crippen molar-refractivity contribution in [1.29, 1.82) is 0 Å². The SMILES string of the molecule is C1CCOCC1.C1CCOCC1.C1COCCO1.ClCCl. The predicted molar refractivity (Wildman–Crippen MR) is 87.6 cm³/mol. The monoisotopic (exact) mass is 344 g/mol. The second kappa shape index (κ2) is 20.4. The first-order valence-electron chi connectivity index (χ1n) is 7.84. The topological polar surface area (TPSA) is 36.9 Å². The summed E-state index contributed by atoms with van der Waals surface area (Å²) in [6.45, 7) is 7.11. The normalized spacial score (nSPS) is 21.4. The fourth-order valence-corrected chi connectivity index (χ4v) is 1.81. The van der Waals surface area contributed by atoms with Crippen molar-refractivity contribution < 1.29 is 18.9 Å². The van der Waals surface area contributed by atoms with Gasteiger partial charge in [-0.3, -0.25) is 0 Å². The van der Waals surface area contributed by atoms with Crippen LogP contribution in [-0.4, -0.2) is 58.2 Å². The molecule has 0 aromatic heterocycles. The van der Waals surface area contributed by atoms with E-state index in [2.05, 4.69) is 0 Å². The van der Waals surface area contributed by atoms with E-state index >= 15 is 0 Å². The molecule has 0 saturated carbocycles. The third kappa shape index (κ3) is 20.4. The smallest absolute Gasteiger partial charge is 0.0967 e. The van der Waals surface area contributed by atoms with Gasteiger partial charge in [0, 0.05) is 26.4 Å². The third-order valence-electron chi connectivity index (χ3n) is 2.90. The summed E-state index contributed by atoms with van der Waals surface area (Å²) in [5.41, 5.74) is 0. The fourth-order valence-electron chi connectivity index (χ4n) is 1.81. The number of ether oxygens (including phenoxy) is 4. The summed E-state index contributed by atoms with van der Waals surface area (Å²) in [6, 6.07) is 0. The summed E-state index contributed by atoms with van der Waals surface area (Å²) in [4.78, 5) is 0. The molecule has 21 heavy (non-hydrogen) atoms. The molecule has 0 amide bonds. The van der Waals surface area contributed by atoms with Crippen LogP contribution in [0.2, 0.25) is 0 Å². The summed E-state index contributed by atoms with van der Waals surface area (Å²) < 4.78 is 20.0. The Bertz CT molecular complexity index is 110. The summed E-state index contributed by atoms with van der Waals surface area (Å²) in [5.74, 6) is 0. The second-order valence-electron chi connectivity index (χ2n) is 4.67. The fraction of sp³-hybridized carbons (Fsp3) is 1.00. The van der Waals surface area contributed by atoms with Gasteiger partial charge >= 0.3 is 0 Å². The zero-order chi connectivity index (χ0) is 15.4. The van der Waals surface area contributed by atoms with Crippen LogP contribution < -0.4 is 0 Å². The molecule has 0 aromatic carbocycles. The summed E-state index contributed by atoms with van der Waals surface area (Å²) in [5, 5.41) is 0.194. The molecule has 0 radical (unpaired) electrons. The van der Waals surface area contributed by atoms with Gasteiger partial charge in [-0.05, 0) is 38.5 Å². The standard InChI is InChI=1S/2C5H10O.C4H8O2.CH2Cl2/c2*1-2-4-6-5-3-1;1-2-6-4-3-5-1;2-1-3/h2*1-5H2;1-4H2;1H2. The Labute approximate surface area is 139 Å². The van der Waals surface area contributed by atoms with Gasteiger partial charge in [-0.25, -0.2) is 0 Å². The minimum atomic E-state index is 0.194. The van der Waals surface area contributed by atoms with Crippen molar-refractivity contribution in [3.8, 4) is 0 Å². The highest BCUT2D eigenvalue weighted by Crippen LogP contribution is 2.02. The van der Waals surface area contributed by atoms with Gasteiger partial charge in [-0.2, -0.15) is 0 Å². The highest BCUT2D eigenvalue weighted by molar-refractivity contribution is 6.40. The zero-order valence-electron chi connectivity index (χ0n) is 13.0. The Balaban J connectivity index is 0.000000262. The maximum absolute atomic E-state index is 5.07. The quantitative estimate of drug-likeness (QED) is 0.626. The van der Waals surface area contributed by atoms with Crippen molar-refractivity contribution in [3.05, 3.63) is 0 Å². The molecule has 6 heteroatoms. The van der Waals surface area contributed by atoms with E-state index < -0.39 is 0 Å². The second-order valence-corrected chi connectivity index (χ2v) is 5.48. The van der Waals surface area contributed by atoms with Crippen LogP contribution in [0.3, 0.4) is 0 Å². The molecule has 0 spiro atoms. The summed E-state index contributed by atoms with van der Waals surface area (Å²) in [7, 11) is 0. The van der Waals surface area contributed by atoms with E-state index in [1.807, 2.05) is 0 Å². The lowest BCUT2D eigenvalue weighted by Gasteiger charge is -2.09. The maximum atomic E-state index is 5.07.